The summed E-state index contributed by atoms with van der Waals surface area (Å²) in [5.74, 6) is 0.249. The van der Waals surface area contributed by atoms with E-state index in [0.717, 1.165) is 51.6 Å². The number of aromatic hydroxyl groups is 1. The van der Waals surface area contributed by atoms with Gasteiger partial charge in [0.15, 0.2) is 5.16 Å². The normalized spacial score (nSPS) is 19.6. The number of aromatic amines is 1. The first-order valence-electron chi connectivity index (χ1n) is 9.39. The van der Waals surface area contributed by atoms with Crippen molar-refractivity contribution in [2.45, 2.75) is 68.9 Å². The van der Waals surface area contributed by atoms with Gasteiger partial charge in [0.1, 0.15) is 0 Å². The van der Waals surface area contributed by atoms with Crippen molar-refractivity contribution in [3.05, 3.63) is 15.9 Å². The quantitative estimate of drug-likeness (QED) is 0.633. The molecule has 6 nitrogen and oxygen atoms in total. The average Bonchev–Trinajstić information content (AvgIpc) is 2.89. The Morgan fingerprint density at radius 3 is 2.40 bits per heavy atom. The molecule has 7 heteroatoms. The highest BCUT2D eigenvalue weighted by atomic mass is 32.2. The van der Waals surface area contributed by atoms with E-state index in [1.54, 1.807) is 0 Å². The van der Waals surface area contributed by atoms with Crippen LogP contribution in [0.5, 0.6) is 5.88 Å². The predicted octanol–water partition coefficient (Wildman–Crippen LogP) is 3.02. The van der Waals surface area contributed by atoms with Gasteiger partial charge < -0.3 is 15.0 Å². The third-order valence-electron chi connectivity index (χ3n) is 5.22. The molecule has 1 aromatic heterocycles. The van der Waals surface area contributed by atoms with Crippen molar-refractivity contribution in [2.24, 2.45) is 0 Å². The van der Waals surface area contributed by atoms with Crippen LogP contribution in [0.2, 0.25) is 0 Å². The summed E-state index contributed by atoms with van der Waals surface area (Å²) in [6.45, 7) is 1.63. The number of hydrogen-bond donors (Lipinski definition) is 2. The molecule has 0 aromatic carbocycles. The Hall–Kier alpha value is -1.50. The van der Waals surface area contributed by atoms with Crippen LogP contribution in [-0.4, -0.2) is 44.7 Å². The van der Waals surface area contributed by atoms with Gasteiger partial charge in [0.05, 0.1) is 11.3 Å². The first-order chi connectivity index (χ1) is 12.1. The average molecular weight is 365 g/mol. The van der Waals surface area contributed by atoms with Gasteiger partial charge in [-0.05, 0) is 31.6 Å². The SMILES string of the molecule is O=C(CSc1nc(O)c(C2CCCCC2)c(=O)[nH]1)N1CCCCCC1. The summed E-state index contributed by atoms with van der Waals surface area (Å²) in [7, 11) is 0. The molecule has 1 saturated carbocycles. The molecule has 1 aromatic rings. The van der Waals surface area contributed by atoms with E-state index in [4.69, 9.17) is 0 Å². The maximum atomic E-state index is 12.4. The zero-order chi connectivity index (χ0) is 17.6. The number of nitrogens with zero attached hydrogens (tertiary/aromatic N) is 2. The van der Waals surface area contributed by atoms with Crippen LogP contribution in [-0.2, 0) is 4.79 Å². The van der Waals surface area contributed by atoms with E-state index >= 15 is 0 Å². The summed E-state index contributed by atoms with van der Waals surface area (Å²) in [5.41, 5.74) is 0.159. The van der Waals surface area contributed by atoms with Crippen LogP contribution in [0.4, 0.5) is 0 Å². The van der Waals surface area contributed by atoms with Crippen molar-refractivity contribution in [1.29, 1.82) is 0 Å². The molecule has 0 radical (unpaired) electrons. The minimum atomic E-state index is -0.260. The van der Waals surface area contributed by atoms with E-state index in [0.29, 0.717) is 10.7 Å². The van der Waals surface area contributed by atoms with Crippen molar-refractivity contribution >= 4 is 17.7 Å². The highest BCUT2D eigenvalue weighted by molar-refractivity contribution is 7.99. The minimum absolute atomic E-state index is 0.0744. The molecule has 2 aliphatic rings. The van der Waals surface area contributed by atoms with Crippen LogP contribution in [0.25, 0.3) is 0 Å². The fourth-order valence-corrected chi connectivity index (χ4v) is 4.58. The Labute approximate surface area is 152 Å². The number of nitrogens with one attached hydrogen (secondary N) is 1. The number of likely N-dealkylation sites (tertiary alicyclic amines) is 1. The number of aromatic nitrogens is 2. The largest absolute Gasteiger partial charge is 0.493 e. The predicted molar refractivity (Wildman–Crippen MR) is 98.1 cm³/mol. The Balaban J connectivity index is 1.63. The molecule has 0 atom stereocenters. The van der Waals surface area contributed by atoms with Gasteiger partial charge in [0, 0.05) is 13.1 Å². The fraction of sp³-hybridized carbons (Fsp3) is 0.722. The zero-order valence-electron chi connectivity index (χ0n) is 14.6. The molecule has 25 heavy (non-hydrogen) atoms. The number of amides is 1. The molecule has 2 heterocycles. The summed E-state index contributed by atoms with van der Waals surface area (Å²) in [4.78, 5) is 33.5. The van der Waals surface area contributed by atoms with E-state index < -0.39 is 0 Å². The van der Waals surface area contributed by atoms with Crippen LogP contribution >= 0.6 is 11.8 Å². The summed E-state index contributed by atoms with van der Waals surface area (Å²) in [6, 6.07) is 0. The molecule has 138 valence electrons. The molecular weight excluding hydrogens is 338 g/mol. The zero-order valence-corrected chi connectivity index (χ0v) is 15.4. The Bertz CT molecular complexity index is 647. The standard InChI is InChI=1S/C18H27N3O3S/c22-14(21-10-6-1-2-7-11-21)12-25-18-19-16(23)15(17(24)20-18)13-8-4-3-5-9-13/h13H,1-12H2,(H2,19,20,23,24). The second-order valence-corrected chi connectivity index (χ2v) is 7.99. The Kier molecular flexibility index (Phi) is 6.39. The first-order valence-corrected chi connectivity index (χ1v) is 10.4. The highest BCUT2D eigenvalue weighted by Crippen LogP contribution is 2.34. The topological polar surface area (TPSA) is 86.3 Å². The molecular formula is C18H27N3O3S. The molecule has 0 spiro atoms. The molecule has 1 saturated heterocycles. The smallest absolute Gasteiger partial charge is 0.258 e. The lowest BCUT2D eigenvalue weighted by molar-refractivity contribution is -0.128. The van der Waals surface area contributed by atoms with Crippen LogP contribution in [0, 0.1) is 0 Å². The molecule has 2 N–H and O–H groups in total. The minimum Gasteiger partial charge on any atom is -0.493 e. The molecule has 1 amide bonds. The number of rotatable bonds is 4. The van der Waals surface area contributed by atoms with Crippen LogP contribution in [0.3, 0.4) is 0 Å². The molecule has 2 fully saturated rings. The first kappa shape index (κ1) is 18.3. The lowest BCUT2D eigenvalue weighted by atomic mass is 9.85. The van der Waals surface area contributed by atoms with Crippen LogP contribution in [0.15, 0.2) is 9.95 Å². The van der Waals surface area contributed by atoms with Gasteiger partial charge in [-0.1, -0.05) is 43.9 Å². The molecule has 3 rings (SSSR count). The van der Waals surface area contributed by atoms with Gasteiger partial charge in [0.2, 0.25) is 11.8 Å². The summed E-state index contributed by atoms with van der Waals surface area (Å²) in [6.07, 6.45) is 9.70. The van der Waals surface area contributed by atoms with E-state index in [1.165, 1.54) is 31.0 Å². The van der Waals surface area contributed by atoms with Crippen molar-refractivity contribution in [3.63, 3.8) is 0 Å². The fourth-order valence-electron chi connectivity index (χ4n) is 3.82. The molecule has 0 bridgehead atoms. The Morgan fingerprint density at radius 1 is 1.12 bits per heavy atom. The van der Waals surface area contributed by atoms with Gasteiger partial charge in [-0.25, -0.2) is 0 Å². The van der Waals surface area contributed by atoms with Gasteiger partial charge in [-0.3, -0.25) is 9.59 Å². The van der Waals surface area contributed by atoms with Crippen molar-refractivity contribution in [1.82, 2.24) is 14.9 Å². The summed E-state index contributed by atoms with van der Waals surface area (Å²) >= 11 is 1.19. The van der Waals surface area contributed by atoms with Gasteiger partial charge in [-0.2, -0.15) is 4.98 Å². The van der Waals surface area contributed by atoms with Crippen molar-refractivity contribution in [3.8, 4) is 5.88 Å². The highest BCUT2D eigenvalue weighted by Gasteiger charge is 2.24. The van der Waals surface area contributed by atoms with Crippen LogP contribution in [0.1, 0.15) is 69.3 Å². The van der Waals surface area contributed by atoms with Gasteiger partial charge >= 0.3 is 0 Å². The third kappa shape index (κ3) is 4.77. The van der Waals surface area contributed by atoms with E-state index in [2.05, 4.69) is 9.97 Å². The van der Waals surface area contributed by atoms with E-state index in [-0.39, 0.29) is 29.0 Å². The molecule has 1 aliphatic heterocycles. The monoisotopic (exact) mass is 365 g/mol. The number of H-pyrrole nitrogens is 1. The van der Waals surface area contributed by atoms with E-state index in [9.17, 15) is 14.7 Å². The lowest BCUT2D eigenvalue weighted by Crippen LogP contribution is -2.33. The summed E-state index contributed by atoms with van der Waals surface area (Å²) in [5, 5.41) is 10.6. The summed E-state index contributed by atoms with van der Waals surface area (Å²) < 4.78 is 0. The second kappa shape index (κ2) is 8.74. The van der Waals surface area contributed by atoms with Gasteiger partial charge in [0.25, 0.3) is 5.56 Å². The molecule has 1 aliphatic carbocycles. The third-order valence-corrected chi connectivity index (χ3v) is 6.08. The van der Waals surface area contributed by atoms with Gasteiger partial charge in [-0.15, -0.1) is 0 Å². The number of carbonyl (C=O) groups is 1. The van der Waals surface area contributed by atoms with E-state index in [1.807, 2.05) is 4.90 Å². The number of carbonyl (C=O) groups excluding carboxylic acids is 1. The maximum absolute atomic E-state index is 12.4. The maximum Gasteiger partial charge on any atom is 0.258 e. The second-order valence-electron chi connectivity index (χ2n) is 7.03. The number of thioether (sulfide) groups is 1. The molecule has 0 unspecified atom stereocenters. The number of hydrogen-bond acceptors (Lipinski definition) is 5. The Morgan fingerprint density at radius 2 is 1.76 bits per heavy atom. The lowest BCUT2D eigenvalue weighted by Gasteiger charge is -2.21. The van der Waals surface area contributed by atoms with Crippen LogP contribution < -0.4 is 5.56 Å². The van der Waals surface area contributed by atoms with Crippen molar-refractivity contribution in [2.75, 3.05) is 18.8 Å². The van der Waals surface area contributed by atoms with Crippen molar-refractivity contribution < 1.29 is 9.90 Å².